The number of likely N-dealkylation sites (N-methyl/N-ethyl adjacent to an activating group) is 1. The number of carbonyl (C=O) groups is 4. The summed E-state index contributed by atoms with van der Waals surface area (Å²) in [5, 5.41) is 18.5. The van der Waals surface area contributed by atoms with Gasteiger partial charge in [-0.15, -0.1) is 0 Å². The number of hydrogen-bond acceptors (Lipinski definition) is 8. The Labute approximate surface area is 293 Å². The van der Waals surface area contributed by atoms with Crippen molar-refractivity contribution in [2.24, 2.45) is 5.92 Å². The van der Waals surface area contributed by atoms with Crippen molar-refractivity contribution in [1.29, 1.82) is 0 Å². The third kappa shape index (κ3) is 10.3. The molecular formula is C37H48N6O7. The predicted octanol–water partition coefficient (Wildman–Crippen LogP) is 5.19. The van der Waals surface area contributed by atoms with Gasteiger partial charge in [0.25, 0.3) is 5.91 Å². The molecule has 50 heavy (non-hydrogen) atoms. The quantitative estimate of drug-likeness (QED) is 0.114. The molecule has 0 spiro atoms. The van der Waals surface area contributed by atoms with Crippen molar-refractivity contribution in [2.45, 2.75) is 58.1 Å². The molecule has 268 valence electrons. The SMILES string of the molecule is COc1ccc(NC(=O)N(C)C[C@H]2Oc3ccc(NC(=O)CCCCCC(=O)Nc4ccccc4N)cc3C(=O)N([C@H](C)CO)C[C@@H]2C)cc1. The first-order valence-corrected chi connectivity index (χ1v) is 16.8. The van der Waals surface area contributed by atoms with Gasteiger partial charge in [0.1, 0.15) is 17.6 Å². The fourth-order valence-corrected chi connectivity index (χ4v) is 5.56. The predicted molar refractivity (Wildman–Crippen MR) is 193 cm³/mol. The number of aliphatic hydroxyl groups is 1. The van der Waals surface area contributed by atoms with Crippen molar-refractivity contribution in [3.05, 3.63) is 72.3 Å². The van der Waals surface area contributed by atoms with Crippen molar-refractivity contribution < 1.29 is 33.8 Å². The van der Waals surface area contributed by atoms with Crippen LogP contribution in [0.25, 0.3) is 0 Å². The number of fused-ring (bicyclic) bond motifs is 1. The Balaban J connectivity index is 1.36. The molecule has 0 aromatic heterocycles. The first-order valence-electron chi connectivity index (χ1n) is 16.8. The Morgan fingerprint density at radius 2 is 1.64 bits per heavy atom. The average Bonchev–Trinajstić information content (AvgIpc) is 3.10. The summed E-state index contributed by atoms with van der Waals surface area (Å²) in [4.78, 5) is 55.0. The van der Waals surface area contributed by atoms with Gasteiger partial charge in [-0.3, -0.25) is 14.4 Å². The number of para-hydroxylation sites is 2. The van der Waals surface area contributed by atoms with Gasteiger partial charge in [0.2, 0.25) is 11.8 Å². The number of ether oxygens (including phenoxy) is 2. The molecule has 3 aromatic carbocycles. The lowest BCUT2D eigenvalue weighted by atomic mass is 9.99. The maximum absolute atomic E-state index is 13.8. The van der Waals surface area contributed by atoms with Gasteiger partial charge in [-0.1, -0.05) is 25.5 Å². The lowest BCUT2D eigenvalue weighted by Crippen LogP contribution is -2.50. The van der Waals surface area contributed by atoms with Crippen molar-refractivity contribution in [2.75, 3.05) is 55.5 Å². The summed E-state index contributed by atoms with van der Waals surface area (Å²) < 4.78 is 11.6. The zero-order valence-electron chi connectivity index (χ0n) is 29.1. The summed E-state index contributed by atoms with van der Waals surface area (Å²) in [5.74, 6) is 0.115. The molecule has 3 aromatic rings. The number of hydrogen-bond donors (Lipinski definition) is 5. The van der Waals surface area contributed by atoms with Crippen LogP contribution in [-0.2, 0) is 9.59 Å². The Hall–Kier alpha value is -5.30. The zero-order chi connectivity index (χ0) is 36.2. The standard InChI is InChI=1S/C37H48N6O7/c1-24-21-43(25(2)23-44)36(47)29-20-27(39-34(45)12-6-5-7-13-35(46)41-31-11-9-8-10-30(31)38)16-19-32(29)50-33(24)22-42(3)37(48)40-26-14-17-28(49-4)18-15-26/h8-11,14-20,24-25,33,44H,5-7,12-13,21-23,38H2,1-4H3,(H,39,45)(H,40,48)(H,41,46)/t24-,25+,33+/m0/s1. The van der Waals surface area contributed by atoms with Gasteiger partial charge < -0.3 is 46.1 Å². The second-order valence-corrected chi connectivity index (χ2v) is 12.6. The number of carbonyl (C=O) groups excluding carboxylic acids is 4. The molecule has 13 heteroatoms. The zero-order valence-corrected chi connectivity index (χ0v) is 29.1. The van der Waals surface area contributed by atoms with E-state index >= 15 is 0 Å². The largest absolute Gasteiger partial charge is 0.497 e. The molecule has 0 saturated heterocycles. The van der Waals surface area contributed by atoms with E-state index in [2.05, 4.69) is 16.0 Å². The summed E-state index contributed by atoms with van der Waals surface area (Å²) in [6.07, 6.45) is 1.95. The van der Waals surface area contributed by atoms with Crippen LogP contribution in [0, 0.1) is 5.92 Å². The summed E-state index contributed by atoms with van der Waals surface area (Å²) >= 11 is 0. The smallest absolute Gasteiger partial charge is 0.321 e. The van der Waals surface area contributed by atoms with Crippen LogP contribution < -0.4 is 31.2 Å². The number of nitrogen functional groups attached to an aromatic ring is 1. The molecule has 0 fully saturated rings. The molecule has 1 heterocycles. The van der Waals surface area contributed by atoms with Crippen LogP contribution in [0.2, 0.25) is 0 Å². The van der Waals surface area contributed by atoms with Crippen LogP contribution in [0.15, 0.2) is 66.7 Å². The van der Waals surface area contributed by atoms with E-state index in [4.69, 9.17) is 15.2 Å². The number of amides is 5. The van der Waals surface area contributed by atoms with Gasteiger partial charge in [0.15, 0.2) is 0 Å². The van der Waals surface area contributed by atoms with Crippen LogP contribution in [-0.4, -0.2) is 84.7 Å². The Morgan fingerprint density at radius 3 is 2.30 bits per heavy atom. The Kier molecular flexibility index (Phi) is 13.4. The molecule has 0 unspecified atom stereocenters. The number of nitrogens with zero attached hydrogens (tertiary/aromatic N) is 2. The minimum absolute atomic E-state index is 0.135. The van der Waals surface area contributed by atoms with Gasteiger partial charge in [0.05, 0.1) is 43.2 Å². The molecule has 4 rings (SSSR count). The summed E-state index contributed by atoms with van der Waals surface area (Å²) in [5.41, 5.74) is 8.25. The van der Waals surface area contributed by atoms with Gasteiger partial charge in [-0.25, -0.2) is 4.79 Å². The number of rotatable bonds is 14. The van der Waals surface area contributed by atoms with Crippen molar-refractivity contribution >= 4 is 46.5 Å². The van der Waals surface area contributed by atoms with E-state index in [0.717, 1.165) is 0 Å². The Morgan fingerprint density at radius 1 is 0.980 bits per heavy atom. The molecule has 1 aliphatic heterocycles. The molecule has 13 nitrogen and oxygen atoms in total. The number of aliphatic hydroxyl groups excluding tert-OH is 1. The number of anilines is 4. The van der Waals surface area contributed by atoms with Gasteiger partial charge in [-0.2, -0.15) is 0 Å². The summed E-state index contributed by atoms with van der Waals surface area (Å²) in [7, 11) is 3.24. The van der Waals surface area contributed by atoms with Gasteiger partial charge in [-0.05, 0) is 74.4 Å². The van der Waals surface area contributed by atoms with Crippen LogP contribution in [0.4, 0.5) is 27.5 Å². The molecule has 0 radical (unpaired) electrons. The second-order valence-electron chi connectivity index (χ2n) is 12.6. The number of urea groups is 1. The molecular weight excluding hydrogens is 640 g/mol. The molecule has 0 bridgehead atoms. The van der Waals surface area contributed by atoms with E-state index in [1.54, 1.807) is 92.7 Å². The molecule has 0 aliphatic carbocycles. The van der Waals surface area contributed by atoms with E-state index in [-0.39, 0.29) is 61.4 Å². The van der Waals surface area contributed by atoms with Gasteiger partial charge in [0, 0.05) is 43.7 Å². The fraction of sp³-hybridized carbons (Fsp3) is 0.405. The third-order valence-corrected chi connectivity index (χ3v) is 8.63. The van der Waals surface area contributed by atoms with E-state index in [9.17, 15) is 24.3 Å². The first-order chi connectivity index (χ1) is 24.0. The Bertz CT molecular complexity index is 1630. The van der Waals surface area contributed by atoms with E-state index < -0.39 is 12.1 Å². The topological polar surface area (TPSA) is 176 Å². The average molecular weight is 689 g/mol. The highest BCUT2D eigenvalue weighted by molar-refractivity contribution is 6.00. The fourth-order valence-electron chi connectivity index (χ4n) is 5.56. The van der Waals surface area contributed by atoms with Crippen molar-refractivity contribution in [3.8, 4) is 11.5 Å². The summed E-state index contributed by atoms with van der Waals surface area (Å²) in [6, 6.07) is 18.2. The second kappa shape index (κ2) is 17.9. The first kappa shape index (κ1) is 37.5. The minimum Gasteiger partial charge on any atom is -0.497 e. The van der Waals surface area contributed by atoms with Gasteiger partial charge >= 0.3 is 6.03 Å². The molecule has 3 atom stereocenters. The highest BCUT2D eigenvalue weighted by atomic mass is 16.5. The molecule has 5 amide bonds. The molecule has 1 aliphatic rings. The maximum atomic E-state index is 13.8. The molecule has 0 saturated carbocycles. The molecule has 6 N–H and O–H groups in total. The maximum Gasteiger partial charge on any atom is 0.321 e. The van der Waals surface area contributed by atoms with Crippen LogP contribution in [0.5, 0.6) is 11.5 Å². The van der Waals surface area contributed by atoms with Crippen LogP contribution in [0.3, 0.4) is 0 Å². The van der Waals surface area contributed by atoms with E-state index in [1.165, 1.54) is 4.90 Å². The minimum atomic E-state index is -0.491. The highest BCUT2D eigenvalue weighted by Gasteiger charge is 2.34. The van der Waals surface area contributed by atoms with E-state index in [0.29, 0.717) is 59.9 Å². The van der Waals surface area contributed by atoms with Crippen molar-refractivity contribution in [3.63, 3.8) is 0 Å². The number of nitrogens with one attached hydrogen (secondary N) is 3. The number of methoxy groups -OCH3 is 1. The lowest BCUT2D eigenvalue weighted by Gasteiger charge is -2.38. The van der Waals surface area contributed by atoms with Crippen molar-refractivity contribution in [1.82, 2.24) is 9.80 Å². The number of nitrogens with two attached hydrogens (primary N) is 1. The van der Waals surface area contributed by atoms with Crippen LogP contribution in [0.1, 0.15) is 56.3 Å². The highest BCUT2D eigenvalue weighted by Crippen LogP contribution is 2.31. The monoisotopic (exact) mass is 688 g/mol. The van der Waals surface area contributed by atoms with E-state index in [1.807, 2.05) is 6.92 Å². The number of benzene rings is 3. The lowest BCUT2D eigenvalue weighted by molar-refractivity contribution is -0.116. The number of unbranched alkanes of at least 4 members (excludes halogenated alkanes) is 2. The normalized spacial score (nSPS) is 16.2. The third-order valence-electron chi connectivity index (χ3n) is 8.63. The van der Waals surface area contributed by atoms with Crippen LogP contribution >= 0.6 is 0 Å². The summed E-state index contributed by atoms with van der Waals surface area (Å²) in [6.45, 7) is 3.98.